The lowest BCUT2D eigenvalue weighted by atomic mass is 9.75. The van der Waals surface area contributed by atoms with E-state index in [-0.39, 0.29) is 42.7 Å². The zero-order chi connectivity index (χ0) is 34.1. The summed E-state index contributed by atoms with van der Waals surface area (Å²) >= 11 is 0. The van der Waals surface area contributed by atoms with Crippen LogP contribution in [-0.2, 0) is 52.6 Å². The molecule has 0 aliphatic carbocycles. The highest BCUT2D eigenvalue weighted by molar-refractivity contribution is 5.69. The maximum absolute atomic E-state index is 12.3. The molecular formula is C39H52O8. The van der Waals surface area contributed by atoms with E-state index in [1.165, 1.54) is 0 Å². The number of methoxy groups -OCH3 is 1. The molecule has 0 spiro atoms. The average Bonchev–Trinajstić information content (AvgIpc) is 3.05. The van der Waals surface area contributed by atoms with Crippen LogP contribution in [0, 0.1) is 0 Å². The maximum Gasteiger partial charge on any atom is 0.305 e. The first-order valence-corrected chi connectivity index (χ1v) is 16.5. The van der Waals surface area contributed by atoms with Crippen LogP contribution in [0.4, 0.5) is 0 Å². The summed E-state index contributed by atoms with van der Waals surface area (Å²) in [5, 5.41) is 11.1. The summed E-state index contributed by atoms with van der Waals surface area (Å²) in [6.07, 6.45) is 3.19. The van der Waals surface area contributed by atoms with Crippen LogP contribution < -0.4 is 4.74 Å². The SMILES string of the molecule is COc1cc(C(C)(C)CCCC(=O)OCCOCc2ccccc2)c(O)cc1C(C)(C)CCCC(=O)OCCOCc1ccccc1. The second-order valence-electron chi connectivity index (χ2n) is 13.1. The Balaban J connectivity index is 1.41. The van der Waals surface area contributed by atoms with Gasteiger partial charge in [-0.3, -0.25) is 9.59 Å². The molecule has 1 N–H and O–H groups in total. The van der Waals surface area contributed by atoms with E-state index in [4.69, 9.17) is 23.7 Å². The standard InChI is InChI=1S/C39H52O8/c1-38(2,20-12-18-36(41)46-24-22-44-28-30-14-8-6-9-15-30)32-27-35(43-5)33(26-34(32)40)39(3,4)21-13-19-37(42)47-25-23-45-29-31-16-10-7-11-17-31/h6-11,14-17,26-27,40H,12-13,18-25,28-29H2,1-5H3. The van der Waals surface area contributed by atoms with Crippen molar-refractivity contribution < 1.29 is 38.4 Å². The highest BCUT2D eigenvalue weighted by Gasteiger charge is 2.30. The van der Waals surface area contributed by atoms with Crippen molar-refractivity contribution in [3.63, 3.8) is 0 Å². The molecular weight excluding hydrogens is 596 g/mol. The number of phenols is 1. The third kappa shape index (κ3) is 13.0. The normalized spacial score (nSPS) is 11.7. The molecule has 0 fully saturated rings. The molecule has 3 rings (SSSR count). The average molecular weight is 649 g/mol. The van der Waals surface area contributed by atoms with Crippen molar-refractivity contribution in [3.05, 3.63) is 95.1 Å². The van der Waals surface area contributed by atoms with Gasteiger partial charge in [0.25, 0.3) is 0 Å². The van der Waals surface area contributed by atoms with Crippen molar-refractivity contribution in [1.82, 2.24) is 0 Å². The van der Waals surface area contributed by atoms with Crippen molar-refractivity contribution in [2.75, 3.05) is 33.5 Å². The summed E-state index contributed by atoms with van der Waals surface area (Å²) in [7, 11) is 1.62. The number of aromatic hydroxyl groups is 1. The predicted molar refractivity (Wildman–Crippen MR) is 183 cm³/mol. The molecule has 0 heterocycles. The van der Waals surface area contributed by atoms with Crippen LogP contribution in [0.2, 0.25) is 0 Å². The van der Waals surface area contributed by atoms with Gasteiger partial charge in [-0.2, -0.15) is 0 Å². The van der Waals surface area contributed by atoms with E-state index in [1.54, 1.807) is 13.2 Å². The van der Waals surface area contributed by atoms with Gasteiger partial charge in [0.05, 0.1) is 33.5 Å². The zero-order valence-corrected chi connectivity index (χ0v) is 28.7. The molecule has 47 heavy (non-hydrogen) atoms. The van der Waals surface area contributed by atoms with Gasteiger partial charge in [-0.25, -0.2) is 0 Å². The first-order chi connectivity index (χ1) is 22.5. The zero-order valence-electron chi connectivity index (χ0n) is 28.7. The van der Waals surface area contributed by atoms with E-state index in [1.807, 2.05) is 80.6 Å². The predicted octanol–water partition coefficient (Wildman–Crippen LogP) is 7.82. The van der Waals surface area contributed by atoms with Crippen molar-refractivity contribution >= 4 is 11.9 Å². The van der Waals surface area contributed by atoms with E-state index >= 15 is 0 Å². The smallest absolute Gasteiger partial charge is 0.305 e. The number of phenolic OH excluding ortho intramolecular Hbond substituents is 1. The van der Waals surface area contributed by atoms with Gasteiger partial charge in [0.15, 0.2) is 0 Å². The minimum Gasteiger partial charge on any atom is -0.508 e. The second-order valence-corrected chi connectivity index (χ2v) is 13.1. The monoisotopic (exact) mass is 648 g/mol. The molecule has 0 saturated carbocycles. The summed E-state index contributed by atoms with van der Waals surface area (Å²) in [6, 6.07) is 23.4. The van der Waals surface area contributed by atoms with Crippen molar-refractivity contribution in [1.29, 1.82) is 0 Å². The highest BCUT2D eigenvalue weighted by Crippen LogP contribution is 2.44. The van der Waals surface area contributed by atoms with E-state index in [9.17, 15) is 14.7 Å². The number of benzene rings is 3. The molecule has 0 aliphatic heterocycles. The van der Waals surface area contributed by atoms with Crippen molar-refractivity contribution in [2.45, 2.75) is 90.3 Å². The van der Waals surface area contributed by atoms with Crippen molar-refractivity contribution in [2.24, 2.45) is 0 Å². The van der Waals surface area contributed by atoms with Crippen LogP contribution in [0.3, 0.4) is 0 Å². The molecule has 3 aromatic carbocycles. The van der Waals surface area contributed by atoms with Crippen LogP contribution in [0.25, 0.3) is 0 Å². The Morgan fingerprint density at radius 1 is 0.638 bits per heavy atom. The minimum absolute atomic E-state index is 0.187. The summed E-state index contributed by atoms with van der Waals surface area (Å²) in [5.74, 6) is 0.357. The van der Waals surface area contributed by atoms with Gasteiger partial charge in [-0.15, -0.1) is 0 Å². The Bertz CT molecular complexity index is 1370. The molecule has 0 aliphatic rings. The van der Waals surface area contributed by atoms with E-state index < -0.39 is 5.41 Å². The number of carbonyl (C=O) groups excluding carboxylic acids is 2. The number of hydrogen-bond donors (Lipinski definition) is 1. The Labute approximate surface area is 280 Å². The summed E-state index contributed by atoms with van der Waals surface area (Å²) in [6.45, 7) is 10.4. The van der Waals surface area contributed by atoms with Gasteiger partial charge < -0.3 is 28.8 Å². The van der Waals surface area contributed by atoms with Gasteiger partial charge in [0.2, 0.25) is 0 Å². The first kappa shape index (κ1) is 37.6. The molecule has 8 nitrogen and oxygen atoms in total. The fourth-order valence-corrected chi connectivity index (χ4v) is 5.53. The molecule has 0 radical (unpaired) electrons. The molecule has 0 atom stereocenters. The summed E-state index contributed by atoms with van der Waals surface area (Å²) in [5.41, 5.74) is 3.01. The summed E-state index contributed by atoms with van der Waals surface area (Å²) < 4.78 is 27.6. The third-order valence-corrected chi connectivity index (χ3v) is 8.35. The number of ether oxygens (including phenoxy) is 5. The number of esters is 2. The Morgan fingerprint density at radius 3 is 1.53 bits per heavy atom. The molecule has 0 aromatic heterocycles. The van der Waals surface area contributed by atoms with Crippen LogP contribution in [0.5, 0.6) is 11.5 Å². The fourth-order valence-electron chi connectivity index (χ4n) is 5.53. The molecule has 8 heteroatoms. The lowest BCUT2D eigenvalue weighted by Gasteiger charge is -2.31. The molecule has 0 amide bonds. The maximum atomic E-state index is 12.3. The van der Waals surface area contributed by atoms with Crippen LogP contribution in [-0.4, -0.2) is 50.6 Å². The van der Waals surface area contributed by atoms with Gasteiger partial charge in [-0.05, 0) is 59.8 Å². The topological polar surface area (TPSA) is 101 Å². The Hall–Kier alpha value is -3.88. The Kier molecular flexibility index (Phi) is 15.2. The van der Waals surface area contributed by atoms with Crippen LogP contribution >= 0.6 is 0 Å². The van der Waals surface area contributed by atoms with E-state index in [2.05, 4.69) is 13.8 Å². The van der Waals surface area contributed by atoms with E-state index in [0.29, 0.717) is 64.3 Å². The number of hydrogen-bond acceptors (Lipinski definition) is 8. The lowest BCUT2D eigenvalue weighted by molar-refractivity contribution is -0.146. The molecule has 3 aromatic rings. The van der Waals surface area contributed by atoms with Gasteiger partial charge in [0, 0.05) is 24.0 Å². The largest absolute Gasteiger partial charge is 0.508 e. The molecule has 0 saturated heterocycles. The number of rotatable bonds is 21. The van der Waals surface area contributed by atoms with Gasteiger partial charge >= 0.3 is 11.9 Å². The Morgan fingerprint density at radius 2 is 1.09 bits per heavy atom. The first-order valence-electron chi connectivity index (χ1n) is 16.5. The van der Waals surface area contributed by atoms with E-state index in [0.717, 1.165) is 22.3 Å². The quantitative estimate of drug-likeness (QED) is 0.0922. The van der Waals surface area contributed by atoms with Gasteiger partial charge in [-0.1, -0.05) is 88.4 Å². The highest BCUT2D eigenvalue weighted by atomic mass is 16.6. The van der Waals surface area contributed by atoms with Crippen molar-refractivity contribution in [3.8, 4) is 11.5 Å². The van der Waals surface area contributed by atoms with Gasteiger partial charge in [0.1, 0.15) is 24.7 Å². The van der Waals surface area contributed by atoms with Crippen LogP contribution in [0.15, 0.2) is 72.8 Å². The lowest BCUT2D eigenvalue weighted by Crippen LogP contribution is -2.22. The fraction of sp³-hybridized carbons (Fsp3) is 0.487. The molecule has 0 bridgehead atoms. The number of carbonyl (C=O) groups is 2. The second kappa shape index (κ2) is 19.1. The molecule has 0 unspecified atom stereocenters. The summed E-state index contributed by atoms with van der Waals surface area (Å²) in [4.78, 5) is 24.6. The minimum atomic E-state index is -0.409. The molecule has 256 valence electrons. The van der Waals surface area contributed by atoms with Crippen LogP contribution in [0.1, 0.15) is 88.5 Å². The third-order valence-electron chi connectivity index (χ3n) is 8.35.